The molecule has 8 heteroatoms. The van der Waals surface area contributed by atoms with Crippen LogP contribution in [0.2, 0.25) is 10.0 Å². The Morgan fingerprint density at radius 3 is 2.46 bits per heavy atom. The average Bonchev–Trinajstić information content (AvgIpc) is 2.67. The Morgan fingerprint density at radius 2 is 1.79 bits per heavy atom. The van der Waals surface area contributed by atoms with E-state index in [2.05, 4.69) is 4.72 Å². The fourth-order valence-electron chi connectivity index (χ4n) is 3.19. The topological polar surface area (TPSA) is 66.5 Å². The summed E-state index contributed by atoms with van der Waals surface area (Å²) in [4.78, 5) is 14.7. The highest BCUT2D eigenvalue weighted by molar-refractivity contribution is 7.89. The SMILES string of the molecule is Cc1ccc(S(=O)(=O)NCc2ccc(Cl)cc2Cl)cc1C(=O)N1CCCCC1. The highest BCUT2D eigenvalue weighted by Crippen LogP contribution is 2.23. The van der Waals surface area contributed by atoms with Gasteiger partial charge in [-0.2, -0.15) is 0 Å². The summed E-state index contributed by atoms with van der Waals surface area (Å²) in [6, 6.07) is 9.52. The molecule has 1 amide bonds. The first-order valence-corrected chi connectivity index (χ1v) is 11.4. The number of nitrogens with one attached hydrogen (secondary N) is 1. The molecule has 1 N–H and O–H groups in total. The minimum atomic E-state index is -3.80. The largest absolute Gasteiger partial charge is 0.339 e. The van der Waals surface area contributed by atoms with Crippen molar-refractivity contribution in [2.24, 2.45) is 0 Å². The van der Waals surface area contributed by atoms with E-state index >= 15 is 0 Å². The zero-order valence-electron chi connectivity index (χ0n) is 15.5. The molecule has 0 atom stereocenters. The van der Waals surface area contributed by atoms with Gasteiger partial charge in [0.15, 0.2) is 0 Å². The Bertz CT molecular complexity index is 987. The van der Waals surface area contributed by atoms with Gasteiger partial charge in [0.2, 0.25) is 10.0 Å². The maximum atomic E-state index is 12.8. The summed E-state index contributed by atoms with van der Waals surface area (Å²) in [6.45, 7) is 3.27. The van der Waals surface area contributed by atoms with Crippen LogP contribution in [0.15, 0.2) is 41.3 Å². The lowest BCUT2D eigenvalue weighted by Crippen LogP contribution is -2.36. The predicted octanol–water partition coefficient (Wildman–Crippen LogP) is 4.41. The molecule has 0 saturated carbocycles. The van der Waals surface area contributed by atoms with Gasteiger partial charge in [-0.3, -0.25) is 4.79 Å². The van der Waals surface area contributed by atoms with E-state index in [9.17, 15) is 13.2 Å². The summed E-state index contributed by atoms with van der Waals surface area (Å²) in [5.74, 6) is -0.116. The highest BCUT2D eigenvalue weighted by Gasteiger charge is 2.23. The Labute approximate surface area is 175 Å². The number of carbonyl (C=O) groups is 1. The van der Waals surface area contributed by atoms with Gasteiger partial charge in [-0.05, 0) is 61.6 Å². The summed E-state index contributed by atoms with van der Waals surface area (Å²) in [6.07, 6.45) is 3.08. The van der Waals surface area contributed by atoms with Crippen molar-refractivity contribution in [3.8, 4) is 0 Å². The number of carbonyl (C=O) groups excluding carboxylic acids is 1. The first-order valence-electron chi connectivity index (χ1n) is 9.11. The van der Waals surface area contributed by atoms with Crippen molar-refractivity contribution in [1.29, 1.82) is 0 Å². The molecule has 3 rings (SSSR count). The molecule has 0 aliphatic carbocycles. The van der Waals surface area contributed by atoms with Crippen molar-refractivity contribution in [3.63, 3.8) is 0 Å². The molecule has 0 spiro atoms. The second-order valence-corrected chi connectivity index (χ2v) is 9.50. The molecule has 5 nitrogen and oxygen atoms in total. The van der Waals surface area contributed by atoms with Crippen molar-refractivity contribution in [2.45, 2.75) is 37.6 Å². The fourth-order valence-corrected chi connectivity index (χ4v) is 4.69. The van der Waals surface area contributed by atoms with Gasteiger partial charge in [0.25, 0.3) is 5.91 Å². The summed E-state index contributed by atoms with van der Waals surface area (Å²) in [5.41, 5.74) is 1.80. The molecular formula is C20H22Cl2N2O3S. The Balaban J connectivity index is 1.80. The van der Waals surface area contributed by atoms with Crippen molar-refractivity contribution in [3.05, 3.63) is 63.1 Å². The fraction of sp³-hybridized carbons (Fsp3) is 0.350. The maximum Gasteiger partial charge on any atom is 0.254 e. The zero-order valence-corrected chi connectivity index (χ0v) is 17.9. The van der Waals surface area contributed by atoms with Crippen LogP contribution in [0.5, 0.6) is 0 Å². The third-order valence-electron chi connectivity index (χ3n) is 4.86. The van der Waals surface area contributed by atoms with Gasteiger partial charge in [-0.25, -0.2) is 13.1 Å². The monoisotopic (exact) mass is 440 g/mol. The van der Waals surface area contributed by atoms with E-state index in [4.69, 9.17) is 23.2 Å². The third kappa shape index (κ3) is 4.87. The number of aryl methyl sites for hydroxylation is 1. The standard InChI is InChI=1S/C20H22Cl2N2O3S/c1-14-5-8-17(12-18(14)20(25)24-9-3-2-4-10-24)28(26,27)23-13-15-6-7-16(21)11-19(15)22/h5-8,11-12,23H,2-4,9-10,13H2,1H3. The molecule has 150 valence electrons. The molecule has 1 saturated heterocycles. The molecule has 2 aromatic carbocycles. The lowest BCUT2D eigenvalue weighted by atomic mass is 10.1. The van der Waals surface area contributed by atoms with E-state index in [0.29, 0.717) is 34.3 Å². The van der Waals surface area contributed by atoms with E-state index < -0.39 is 10.0 Å². The van der Waals surface area contributed by atoms with Gasteiger partial charge >= 0.3 is 0 Å². The van der Waals surface area contributed by atoms with Crippen LogP contribution in [0.4, 0.5) is 0 Å². The summed E-state index contributed by atoms with van der Waals surface area (Å²) in [5, 5.41) is 0.871. The molecule has 0 unspecified atom stereocenters. The van der Waals surface area contributed by atoms with E-state index in [1.165, 1.54) is 12.1 Å². The van der Waals surface area contributed by atoms with E-state index in [0.717, 1.165) is 24.8 Å². The lowest BCUT2D eigenvalue weighted by molar-refractivity contribution is 0.0723. The molecule has 0 radical (unpaired) electrons. The number of benzene rings is 2. The number of rotatable bonds is 5. The first kappa shape index (κ1) is 21.1. The van der Waals surface area contributed by atoms with Gasteiger partial charge < -0.3 is 4.90 Å². The first-order chi connectivity index (χ1) is 13.3. The van der Waals surface area contributed by atoms with Crippen LogP contribution in [-0.4, -0.2) is 32.3 Å². The van der Waals surface area contributed by atoms with Crippen LogP contribution in [0.3, 0.4) is 0 Å². The molecule has 0 bridgehead atoms. The van der Waals surface area contributed by atoms with Crippen LogP contribution >= 0.6 is 23.2 Å². The van der Waals surface area contributed by atoms with E-state index in [1.807, 2.05) is 6.92 Å². The minimum Gasteiger partial charge on any atom is -0.339 e. The maximum absolute atomic E-state index is 12.8. The van der Waals surface area contributed by atoms with Crippen molar-refractivity contribution >= 4 is 39.1 Å². The van der Waals surface area contributed by atoms with Gasteiger partial charge in [0.05, 0.1) is 4.90 Å². The molecule has 28 heavy (non-hydrogen) atoms. The number of halogens is 2. The average molecular weight is 441 g/mol. The molecule has 1 aliphatic heterocycles. The van der Waals surface area contributed by atoms with Crippen molar-refractivity contribution in [2.75, 3.05) is 13.1 Å². The van der Waals surface area contributed by atoms with Gasteiger partial charge in [0.1, 0.15) is 0 Å². The Morgan fingerprint density at radius 1 is 1.07 bits per heavy atom. The summed E-state index contributed by atoms with van der Waals surface area (Å²) >= 11 is 12.0. The Hall–Kier alpha value is -1.60. The van der Waals surface area contributed by atoms with Crippen LogP contribution < -0.4 is 4.72 Å². The van der Waals surface area contributed by atoms with Gasteiger partial charge in [-0.1, -0.05) is 35.3 Å². The summed E-state index contributed by atoms with van der Waals surface area (Å²) in [7, 11) is -3.80. The molecule has 1 aliphatic rings. The van der Waals surface area contributed by atoms with Crippen LogP contribution in [0.1, 0.15) is 40.7 Å². The number of amides is 1. The Kier molecular flexibility index (Phi) is 6.65. The van der Waals surface area contributed by atoms with Crippen LogP contribution in [0.25, 0.3) is 0 Å². The van der Waals surface area contributed by atoms with Crippen LogP contribution in [-0.2, 0) is 16.6 Å². The normalized spacial score (nSPS) is 14.9. The second-order valence-electron chi connectivity index (χ2n) is 6.89. The van der Waals surface area contributed by atoms with E-state index in [1.54, 1.807) is 29.2 Å². The highest BCUT2D eigenvalue weighted by atomic mass is 35.5. The third-order valence-corrected chi connectivity index (χ3v) is 6.85. The van der Waals surface area contributed by atoms with Crippen molar-refractivity contribution < 1.29 is 13.2 Å². The van der Waals surface area contributed by atoms with Crippen LogP contribution in [0, 0.1) is 6.92 Å². The van der Waals surface area contributed by atoms with E-state index in [-0.39, 0.29) is 17.3 Å². The lowest BCUT2D eigenvalue weighted by Gasteiger charge is -2.27. The van der Waals surface area contributed by atoms with Crippen molar-refractivity contribution in [1.82, 2.24) is 9.62 Å². The molecule has 1 heterocycles. The number of sulfonamides is 1. The molecule has 0 aromatic heterocycles. The summed E-state index contributed by atoms with van der Waals surface area (Å²) < 4.78 is 28.0. The number of hydrogen-bond acceptors (Lipinski definition) is 3. The second kappa shape index (κ2) is 8.82. The molecular weight excluding hydrogens is 419 g/mol. The minimum absolute atomic E-state index is 0.0294. The van der Waals surface area contributed by atoms with Gasteiger partial charge in [-0.15, -0.1) is 0 Å². The smallest absolute Gasteiger partial charge is 0.254 e. The van der Waals surface area contributed by atoms with Gasteiger partial charge in [0, 0.05) is 35.2 Å². The number of hydrogen-bond donors (Lipinski definition) is 1. The number of likely N-dealkylation sites (tertiary alicyclic amines) is 1. The molecule has 2 aromatic rings. The number of piperidine rings is 1. The quantitative estimate of drug-likeness (QED) is 0.748. The molecule has 1 fully saturated rings. The predicted molar refractivity (Wildman–Crippen MR) is 111 cm³/mol. The number of nitrogens with zero attached hydrogens (tertiary/aromatic N) is 1. The zero-order chi connectivity index (χ0) is 20.3.